The van der Waals surface area contributed by atoms with Crippen LogP contribution in [0.25, 0.3) is 0 Å². The van der Waals surface area contributed by atoms with E-state index in [4.69, 9.17) is 4.74 Å². The van der Waals surface area contributed by atoms with Crippen molar-refractivity contribution in [2.24, 2.45) is 0 Å². The lowest BCUT2D eigenvalue weighted by molar-refractivity contribution is -0.0663. The van der Waals surface area contributed by atoms with Crippen molar-refractivity contribution in [3.63, 3.8) is 0 Å². The standard InChI is InChI=1S/C14H23N3O/c1-9-7-10(2)16-12(15-9)17-11-8-13(3,4)18-14(11,5)6/h7,11H,8H2,1-6H3,(H,15,16,17). The minimum atomic E-state index is -0.204. The minimum absolute atomic E-state index is 0.0972. The predicted octanol–water partition coefficient (Wildman–Crippen LogP) is 2.85. The maximum Gasteiger partial charge on any atom is 0.223 e. The molecule has 0 saturated carbocycles. The zero-order valence-electron chi connectivity index (χ0n) is 12.2. The van der Waals surface area contributed by atoms with Gasteiger partial charge >= 0.3 is 0 Å². The Bertz CT molecular complexity index is 434. The van der Waals surface area contributed by atoms with Gasteiger partial charge in [0.05, 0.1) is 17.2 Å². The molecule has 4 heteroatoms. The van der Waals surface area contributed by atoms with E-state index in [-0.39, 0.29) is 17.2 Å². The van der Waals surface area contributed by atoms with Crippen LogP contribution >= 0.6 is 0 Å². The number of nitrogens with zero attached hydrogens (tertiary/aromatic N) is 2. The predicted molar refractivity (Wildman–Crippen MR) is 72.8 cm³/mol. The summed E-state index contributed by atoms with van der Waals surface area (Å²) in [4.78, 5) is 8.87. The van der Waals surface area contributed by atoms with E-state index in [1.165, 1.54) is 0 Å². The second-order valence-corrected chi connectivity index (χ2v) is 6.34. The van der Waals surface area contributed by atoms with E-state index < -0.39 is 0 Å². The highest BCUT2D eigenvalue weighted by Crippen LogP contribution is 2.38. The van der Waals surface area contributed by atoms with Crippen molar-refractivity contribution in [2.75, 3.05) is 5.32 Å². The fraction of sp³-hybridized carbons (Fsp3) is 0.714. The quantitative estimate of drug-likeness (QED) is 0.875. The molecule has 4 nitrogen and oxygen atoms in total. The Kier molecular flexibility index (Phi) is 3.09. The van der Waals surface area contributed by atoms with E-state index in [1.54, 1.807) is 0 Å². The summed E-state index contributed by atoms with van der Waals surface area (Å²) in [5, 5.41) is 3.42. The fourth-order valence-corrected chi connectivity index (χ4v) is 2.73. The molecule has 1 aliphatic heterocycles. The normalized spacial score (nSPS) is 25.1. The first-order chi connectivity index (χ1) is 8.18. The number of anilines is 1. The van der Waals surface area contributed by atoms with Gasteiger partial charge in [0.1, 0.15) is 0 Å². The average Bonchev–Trinajstić information content (AvgIpc) is 2.31. The summed E-state index contributed by atoms with van der Waals surface area (Å²) in [5.74, 6) is 0.701. The number of rotatable bonds is 2. The zero-order chi connectivity index (χ0) is 13.6. The van der Waals surface area contributed by atoms with Crippen LogP contribution in [-0.4, -0.2) is 27.2 Å². The third-order valence-corrected chi connectivity index (χ3v) is 3.36. The van der Waals surface area contributed by atoms with Gasteiger partial charge in [-0.3, -0.25) is 0 Å². The lowest BCUT2D eigenvalue weighted by Gasteiger charge is -2.27. The van der Waals surface area contributed by atoms with Crippen LogP contribution in [0, 0.1) is 13.8 Å². The van der Waals surface area contributed by atoms with Crippen LogP contribution in [0.15, 0.2) is 6.07 Å². The average molecular weight is 249 g/mol. The van der Waals surface area contributed by atoms with Crippen LogP contribution in [-0.2, 0) is 4.74 Å². The molecule has 1 N–H and O–H groups in total. The van der Waals surface area contributed by atoms with Gasteiger partial charge in [0, 0.05) is 11.4 Å². The molecule has 0 aliphatic carbocycles. The molecule has 1 unspecified atom stereocenters. The zero-order valence-corrected chi connectivity index (χ0v) is 12.2. The van der Waals surface area contributed by atoms with Crippen molar-refractivity contribution in [1.29, 1.82) is 0 Å². The third kappa shape index (κ3) is 2.80. The van der Waals surface area contributed by atoms with Gasteiger partial charge in [0.15, 0.2) is 0 Å². The Morgan fingerprint density at radius 3 is 2.17 bits per heavy atom. The number of ether oxygens (including phenoxy) is 1. The molecule has 0 aromatic carbocycles. The lowest BCUT2D eigenvalue weighted by atomic mass is 9.95. The summed E-state index contributed by atoms with van der Waals surface area (Å²) < 4.78 is 6.06. The van der Waals surface area contributed by atoms with E-state index >= 15 is 0 Å². The van der Waals surface area contributed by atoms with Gasteiger partial charge in [0.25, 0.3) is 0 Å². The van der Waals surface area contributed by atoms with Crippen molar-refractivity contribution >= 4 is 5.95 Å². The summed E-state index contributed by atoms with van der Waals surface area (Å²) in [5.41, 5.74) is 1.67. The summed E-state index contributed by atoms with van der Waals surface area (Å²) in [7, 11) is 0. The molecule has 18 heavy (non-hydrogen) atoms. The summed E-state index contributed by atoms with van der Waals surface area (Å²) >= 11 is 0. The molecule has 0 radical (unpaired) electrons. The van der Waals surface area contributed by atoms with Crippen LogP contribution in [0.4, 0.5) is 5.95 Å². The summed E-state index contributed by atoms with van der Waals surface area (Å²) in [6.07, 6.45) is 0.955. The molecule has 0 bridgehead atoms. The molecule has 1 saturated heterocycles. The SMILES string of the molecule is Cc1cc(C)nc(NC2CC(C)(C)OC2(C)C)n1. The van der Waals surface area contributed by atoms with Crippen molar-refractivity contribution in [3.05, 3.63) is 17.5 Å². The lowest BCUT2D eigenvalue weighted by Crippen LogP contribution is -2.38. The van der Waals surface area contributed by atoms with Crippen molar-refractivity contribution in [3.8, 4) is 0 Å². The first-order valence-electron chi connectivity index (χ1n) is 6.47. The van der Waals surface area contributed by atoms with Gasteiger partial charge in [-0.2, -0.15) is 0 Å². The Labute approximate surface area is 109 Å². The minimum Gasteiger partial charge on any atom is -0.367 e. The Balaban J connectivity index is 2.19. The Morgan fingerprint density at radius 1 is 1.17 bits per heavy atom. The Hall–Kier alpha value is -1.16. The smallest absolute Gasteiger partial charge is 0.223 e. The van der Waals surface area contributed by atoms with E-state index in [9.17, 15) is 0 Å². The maximum absolute atomic E-state index is 6.06. The molecular formula is C14H23N3O. The number of hydrogen-bond donors (Lipinski definition) is 1. The van der Waals surface area contributed by atoms with Gasteiger partial charge in [-0.05, 0) is 54.0 Å². The highest BCUT2D eigenvalue weighted by molar-refractivity contribution is 5.31. The van der Waals surface area contributed by atoms with Crippen LogP contribution in [0.1, 0.15) is 45.5 Å². The molecular weight excluding hydrogens is 226 g/mol. The van der Waals surface area contributed by atoms with Crippen LogP contribution < -0.4 is 5.32 Å². The Morgan fingerprint density at radius 2 is 1.72 bits per heavy atom. The van der Waals surface area contributed by atoms with Gasteiger partial charge in [0.2, 0.25) is 5.95 Å². The molecule has 1 aromatic rings. The number of hydrogen-bond acceptors (Lipinski definition) is 4. The highest BCUT2D eigenvalue weighted by Gasteiger charge is 2.46. The van der Waals surface area contributed by atoms with Gasteiger partial charge in [-0.1, -0.05) is 0 Å². The van der Waals surface area contributed by atoms with E-state index in [0.717, 1.165) is 17.8 Å². The fourth-order valence-electron chi connectivity index (χ4n) is 2.73. The van der Waals surface area contributed by atoms with Crippen LogP contribution in [0.2, 0.25) is 0 Å². The number of aryl methyl sites for hydroxylation is 2. The third-order valence-electron chi connectivity index (χ3n) is 3.36. The van der Waals surface area contributed by atoms with Gasteiger partial charge < -0.3 is 10.1 Å². The van der Waals surface area contributed by atoms with Crippen molar-refractivity contribution < 1.29 is 4.74 Å². The molecule has 0 spiro atoms. The van der Waals surface area contributed by atoms with Crippen molar-refractivity contribution in [2.45, 2.75) is 65.2 Å². The molecule has 1 aliphatic rings. The van der Waals surface area contributed by atoms with Gasteiger partial charge in [-0.15, -0.1) is 0 Å². The molecule has 1 aromatic heterocycles. The monoisotopic (exact) mass is 249 g/mol. The molecule has 2 rings (SSSR count). The largest absolute Gasteiger partial charge is 0.367 e. The second kappa shape index (κ2) is 4.19. The highest BCUT2D eigenvalue weighted by atomic mass is 16.5. The van der Waals surface area contributed by atoms with Gasteiger partial charge in [-0.25, -0.2) is 9.97 Å². The molecule has 2 heterocycles. The van der Waals surface area contributed by atoms with E-state index in [1.807, 2.05) is 19.9 Å². The topological polar surface area (TPSA) is 47.0 Å². The molecule has 0 amide bonds. The number of nitrogens with one attached hydrogen (secondary N) is 1. The molecule has 1 atom stereocenters. The summed E-state index contributed by atoms with van der Waals surface area (Å²) in [6, 6.07) is 2.21. The van der Waals surface area contributed by atoms with Crippen LogP contribution in [0.3, 0.4) is 0 Å². The van der Waals surface area contributed by atoms with E-state index in [2.05, 4.69) is 43.0 Å². The maximum atomic E-state index is 6.06. The summed E-state index contributed by atoms with van der Waals surface area (Å²) in [6.45, 7) is 12.4. The van der Waals surface area contributed by atoms with E-state index in [0.29, 0.717) is 5.95 Å². The van der Waals surface area contributed by atoms with Crippen LogP contribution in [0.5, 0.6) is 0 Å². The second-order valence-electron chi connectivity index (χ2n) is 6.34. The molecule has 100 valence electrons. The first kappa shape index (κ1) is 13.3. The van der Waals surface area contributed by atoms with Crippen molar-refractivity contribution in [1.82, 2.24) is 9.97 Å². The first-order valence-corrected chi connectivity index (χ1v) is 6.47. The number of aromatic nitrogens is 2. The molecule has 1 fully saturated rings.